The molecule has 0 aliphatic rings. The number of hydrogen-bond donors (Lipinski definition) is 1. The number of esters is 1. The summed E-state index contributed by atoms with van der Waals surface area (Å²) in [6.07, 6.45) is 1.95. The van der Waals surface area contributed by atoms with E-state index in [2.05, 4.69) is 5.32 Å². The van der Waals surface area contributed by atoms with Crippen molar-refractivity contribution < 1.29 is 19.1 Å². The molecule has 0 bridgehead atoms. The van der Waals surface area contributed by atoms with E-state index >= 15 is 0 Å². The van der Waals surface area contributed by atoms with Crippen LogP contribution in [0.3, 0.4) is 0 Å². The summed E-state index contributed by atoms with van der Waals surface area (Å²) in [5, 5.41) is 13.5. The zero-order valence-electron chi connectivity index (χ0n) is 16.6. The lowest BCUT2D eigenvalue weighted by molar-refractivity contribution is -0.148. The van der Waals surface area contributed by atoms with Gasteiger partial charge in [0.2, 0.25) is 0 Å². The Labute approximate surface area is 174 Å². The molecule has 0 spiro atoms. The molecule has 3 rings (SSSR count). The quantitative estimate of drug-likeness (QED) is 0.492. The van der Waals surface area contributed by atoms with Crippen LogP contribution < -0.4 is 10.1 Å². The predicted octanol–water partition coefficient (Wildman–Crippen LogP) is 4.30. The number of nitrogens with zero attached hydrogens (tertiary/aromatic N) is 1. The Morgan fingerprint density at radius 1 is 1.03 bits per heavy atom. The Morgan fingerprint density at radius 2 is 1.73 bits per heavy atom. The molecular formula is C24H20N2O4. The minimum atomic E-state index is -0.970. The first kappa shape index (κ1) is 20.6. The first-order chi connectivity index (χ1) is 14.5. The number of amides is 1. The highest BCUT2D eigenvalue weighted by Gasteiger charge is 2.16. The molecule has 30 heavy (non-hydrogen) atoms. The van der Waals surface area contributed by atoms with Crippen molar-refractivity contribution in [3.05, 3.63) is 77.9 Å². The molecule has 0 aliphatic carbocycles. The van der Waals surface area contributed by atoms with E-state index in [0.29, 0.717) is 11.3 Å². The number of rotatable bonds is 6. The number of anilines is 1. The Morgan fingerprint density at radius 3 is 2.43 bits per heavy atom. The van der Waals surface area contributed by atoms with Gasteiger partial charge in [0.15, 0.2) is 6.10 Å². The Kier molecular flexibility index (Phi) is 6.46. The van der Waals surface area contributed by atoms with Crippen LogP contribution in [-0.4, -0.2) is 25.1 Å². The van der Waals surface area contributed by atoms with Crippen molar-refractivity contribution in [2.45, 2.75) is 13.0 Å². The van der Waals surface area contributed by atoms with E-state index in [0.717, 1.165) is 22.1 Å². The van der Waals surface area contributed by atoms with E-state index in [-0.39, 0.29) is 0 Å². The highest BCUT2D eigenvalue weighted by atomic mass is 16.5. The number of hydrogen-bond acceptors (Lipinski definition) is 5. The SMILES string of the molecule is COc1ccc2cc(/C=C/C(=O)O[C@@H](C)C(=O)Nc3ccc(C#N)cc3)ccc2c1. The van der Waals surface area contributed by atoms with Crippen molar-refractivity contribution in [3.63, 3.8) is 0 Å². The van der Waals surface area contributed by atoms with E-state index in [1.165, 1.54) is 13.0 Å². The second-order valence-corrected chi connectivity index (χ2v) is 6.56. The summed E-state index contributed by atoms with van der Waals surface area (Å²) in [6.45, 7) is 1.49. The van der Waals surface area contributed by atoms with Crippen LogP contribution in [0, 0.1) is 11.3 Å². The molecule has 1 atom stereocenters. The average molecular weight is 400 g/mol. The molecule has 6 heteroatoms. The van der Waals surface area contributed by atoms with Crippen LogP contribution in [0.25, 0.3) is 16.8 Å². The Hall–Kier alpha value is -4.11. The number of benzene rings is 3. The molecule has 1 amide bonds. The van der Waals surface area contributed by atoms with Crippen molar-refractivity contribution in [1.29, 1.82) is 5.26 Å². The maximum absolute atomic E-state index is 12.2. The molecule has 0 aliphatic heterocycles. The number of methoxy groups -OCH3 is 1. The largest absolute Gasteiger partial charge is 0.497 e. The highest BCUT2D eigenvalue weighted by Crippen LogP contribution is 2.22. The van der Waals surface area contributed by atoms with Crippen LogP contribution in [0.2, 0.25) is 0 Å². The van der Waals surface area contributed by atoms with E-state index in [4.69, 9.17) is 14.7 Å². The molecule has 0 radical (unpaired) electrons. The maximum atomic E-state index is 12.2. The van der Waals surface area contributed by atoms with E-state index < -0.39 is 18.0 Å². The smallest absolute Gasteiger partial charge is 0.331 e. The third kappa shape index (κ3) is 5.24. The number of carbonyl (C=O) groups is 2. The molecule has 3 aromatic rings. The van der Waals surface area contributed by atoms with Crippen molar-refractivity contribution in [3.8, 4) is 11.8 Å². The van der Waals surface area contributed by atoms with Gasteiger partial charge in [0.05, 0.1) is 18.7 Å². The van der Waals surface area contributed by atoms with Gasteiger partial charge < -0.3 is 14.8 Å². The first-order valence-electron chi connectivity index (χ1n) is 9.26. The molecule has 3 aromatic carbocycles. The van der Waals surface area contributed by atoms with Gasteiger partial charge in [-0.05, 0) is 71.8 Å². The van der Waals surface area contributed by atoms with Crippen molar-refractivity contribution >= 4 is 34.4 Å². The zero-order valence-corrected chi connectivity index (χ0v) is 16.6. The molecule has 0 unspecified atom stereocenters. The lowest BCUT2D eigenvalue weighted by atomic mass is 10.1. The van der Waals surface area contributed by atoms with Crippen LogP contribution >= 0.6 is 0 Å². The lowest BCUT2D eigenvalue weighted by Gasteiger charge is -2.12. The van der Waals surface area contributed by atoms with Crippen LogP contribution in [0.1, 0.15) is 18.1 Å². The normalized spacial score (nSPS) is 11.6. The number of carbonyl (C=O) groups excluding carboxylic acids is 2. The fourth-order valence-electron chi connectivity index (χ4n) is 2.78. The molecule has 0 heterocycles. The summed E-state index contributed by atoms with van der Waals surface area (Å²) in [4.78, 5) is 24.3. The van der Waals surface area contributed by atoms with Gasteiger partial charge in [-0.15, -0.1) is 0 Å². The van der Waals surface area contributed by atoms with Crippen molar-refractivity contribution in [2.24, 2.45) is 0 Å². The summed E-state index contributed by atoms with van der Waals surface area (Å²) in [5.74, 6) is -0.295. The lowest BCUT2D eigenvalue weighted by Crippen LogP contribution is -2.29. The Balaban J connectivity index is 1.58. The number of fused-ring (bicyclic) bond motifs is 1. The van der Waals surface area contributed by atoms with Gasteiger partial charge in [-0.25, -0.2) is 4.79 Å². The minimum Gasteiger partial charge on any atom is -0.497 e. The van der Waals surface area contributed by atoms with Gasteiger partial charge in [-0.1, -0.05) is 18.2 Å². The molecular weight excluding hydrogens is 380 g/mol. The number of ether oxygens (including phenoxy) is 2. The van der Waals surface area contributed by atoms with Gasteiger partial charge in [0.1, 0.15) is 5.75 Å². The van der Waals surface area contributed by atoms with E-state index in [1.54, 1.807) is 37.5 Å². The van der Waals surface area contributed by atoms with Gasteiger partial charge in [-0.2, -0.15) is 5.26 Å². The number of nitrogens with one attached hydrogen (secondary N) is 1. The third-order valence-corrected chi connectivity index (χ3v) is 4.43. The summed E-state index contributed by atoms with van der Waals surface area (Å²) in [5.41, 5.74) is 1.84. The van der Waals surface area contributed by atoms with Crippen LogP contribution in [0.4, 0.5) is 5.69 Å². The minimum absolute atomic E-state index is 0.457. The molecule has 0 aromatic heterocycles. The van der Waals surface area contributed by atoms with Crippen LogP contribution in [0.15, 0.2) is 66.7 Å². The summed E-state index contributed by atoms with van der Waals surface area (Å²) >= 11 is 0. The van der Waals surface area contributed by atoms with Gasteiger partial charge in [-0.3, -0.25) is 4.79 Å². The molecule has 6 nitrogen and oxygen atoms in total. The number of nitriles is 1. The maximum Gasteiger partial charge on any atom is 0.331 e. The third-order valence-electron chi connectivity index (χ3n) is 4.43. The predicted molar refractivity (Wildman–Crippen MR) is 115 cm³/mol. The highest BCUT2D eigenvalue weighted by molar-refractivity contribution is 5.97. The van der Waals surface area contributed by atoms with Crippen LogP contribution in [0.5, 0.6) is 5.75 Å². The summed E-state index contributed by atoms with van der Waals surface area (Å²) in [6, 6.07) is 19.9. The monoisotopic (exact) mass is 400 g/mol. The summed E-state index contributed by atoms with van der Waals surface area (Å²) < 4.78 is 10.4. The van der Waals surface area contributed by atoms with Gasteiger partial charge >= 0.3 is 5.97 Å². The zero-order chi connectivity index (χ0) is 21.5. The van der Waals surface area contributed by atoms with E-state index in [1.807, 2.05) is 42.5 Å². The molecule has 0 fully saturated rings. The molecule has 1 N–H and O–H groups in total. The Bertz CT molecular complexity index is 1140. The topological polar surface area (TPSA) is 88.4 Å². The van der Waals surface area contributed by atoms with Crippen LogP contribution in [-0.2, 0) is 14.3 Å². The fourth-order valence-corrected chi connectivity index (χ4v) is 2.78. The molecule has 0 saturated heterocycles. The molecule has 0 saturated carbocycles. The van der Waals surface area contributed by atoms with Gasteiger partial charge in [0, 0.05) is 11.8 Å². The first-order valence-corrected chi connectivity index (χ1v) is 9.26. The average Bonchev–Trinajstić information content (AvgIpc) is 2.77. The van der Waals surface area contributed by atoms with E-state index in [9.17, 15) is 9.59 Å². The summed E-state index contributed by atoms with van der Waals surface area (Å²) in [7, 11) is 1.62. The van der Waals surface area contributed by atoms with Crippen molar-refractivity contribution in [2.75, 3.05) is 12.4 Å². The fraction of sp³-hybridized carbons (Fsp3) is 0.125. The second-order valence-electron chi connectivity index (χ2n) is 6.56. The standard InChI is InChI=1S/C24H20N2O4/c1-16(24(28)26-21-9-4-18(15-25)5-10-21)30-23(27)12-6-17-3-7-20-14-22(29-2)11-8-19(20)13-17/h3-14,16H,1-2H3,(H,26,28)/b12-6+/t16-/m0/s1. The van der Waals surface area contributed by atoms with Crippen molar-refractivity contribution in [1.82, 2.24) is 0 Å². The molecule has 150 valence electrons. The second kappa shape index (κ2) is 9.39. The van der Waals surface area contributed by atoms with Gasteiger partial charge in [0.25, 0.3) is 5.91 Å².